The molecule has 0 spiro atoms. The molecule has 0 aromatic carbocycles. The first-order valence-corrected chi connectivity index (χ1v) is 8.55. The summed E-state index contributed by atoms with van der Waals surface area (Å²) < 4.78 is 38.1. The predicted octanol–water partition coefficient (Wildman–Crippen LogP) is 2.88. The fourth-order valence-corrected chi connectivity index (χ4v) is 2.19. The molecule has 0 rings (SSSR count). The summed E-state index contributed by atoms with van der Waals surface area (Å²) >= 11 is 0. The van der Waals surface area contributed by atoms with Crippen LogP contribution in [0.3, 0.4) is 0 Å². The van der Waals surface area contributed by atoms with Crippen LogP contribution in [0.15, 0.2) is 0 Å². The number of esters is 1. The molecule has 1 N–H and O–H groups in total. The third kappa shape index (κ3) is 12.4. The monoisotopic (exact) mass is 310 g/mol. The second-order valence-electron chi connectivity index (χ2n) is 4.81. The van der Waals surface area contributed by atoms with E-state index in [0.717, 1.165) is 19.3 Å². The van der Waals surface area contributed by atoms with Crippen molar-refractivity contribution in [2.24, 2.45) is 0 Å². The second-order valence-corrected chi connectivity index (χ2v) is 5.86. The van der Waals surface area contributed by atoms with Gasteiger partial charge in [-0.05, 0) is 13.3 Å². The summed E-state index contributed by atoms with van der Waals surface area (Å²) in [6.45, 7) is 3.64. The molecule has 0 aromatic heterocycles. The summed E-state index contributed by atoms with van der Waals surface area (Å²) in [7, 11) is -4.62. The molecule has 0 fully saturated rings. The first-order chi connectivity index (χ1) is 9.37. The van der Waals surface area contributed by atoms with Gasteiger partial charge in [-0.15, -0.1) is 0 Å². The number of hydrogen-bond donors (Lipinski definition) is 1. The summed E-state index contributed by atoms with van der Waals surface area (Å²) in [4.78, 5) is 11.3. The molecular formula is C13H26O6S. The molecular weight excluding hydrogens is 284 g/mol. The zero-order chi connectivity index (χ0) is 15.4. The van der Waals surface area contributed by atoms with Gasteiger partial charge in [0.05, 0.1) is 6.61 Å². The number of hydrogen-bond acceptors (Lipinski definition) is 5. The lowest BCUT2D eigenvalue weighted by Gasteiger charge is -2.10. The van der Waals surface area contributed by atoms with Crippen molar-refractivity contribution >= 4 is 16.4 Å². The number of unbranched alkanes of at least 4 members (excludes halogenated alkanes) is 7. The molecule has 0 bridgehead atoms. The van der Waals surface area contributed by atoms with Crippen LogP contribution in [0.2, 0.25) is 0 Å². The molecule has 120 valence electrons. The SMILES string of the molecule is CCCCCCCCCCOC(=O)C(C)OS(=O)(=O)O. The van der Waals surface area contributed by atoms with Gasteiger partial charge in [0.1, 0.15) is 0 Å². The number of carbonyl (C=O) groups excluding carboxylic acids is 1. The second kappa shape index (κ2) is 11.0. The molecule has 1 atom stereocenters. The van der Waals surface area contributed by atoms with Crippen LogP contribution in [-0.2, 0) is 24.1 Å². The van der Waals surface area contributed by atoms with Crippen LogP contribution >= 0.6 is 0 Å². The van der Waals surface area contributed by atoms with Crippen molar-refractivity contribution in [3.63, 3.8) is 0 Å². The van der Waals surface area contributed by atoms with Crippen LogP contribution in [0.25, 0.3) is 0 Å². The van der Waals surface area contributed by atoms with Gasteiger partial charge >= 0.3 is 16.4 Å². The van der Waals surface area contributed by atoms with Gasteiger partial charge in [0.2, 0.25) is 0 Å². The third-order valence-corrected chi connectivity index (χ3v) is 3.37. The van der Waals surface area contributed by atoms with E-state index >= 15 is 0 Å². The van der Waals surface area contributed by atoms with Gasteiger partial charge in [0.25, 0.3) is 0 Å². The largest absolute Gasteiger partial charge is 0.464 e. The molecule has 1 unspecified atom stereocenters. The molecule has 7 heteroatoms. The van der Waals surface area contributed by atoms with Crippen molar-refractivity contribution < 1.29 is 26.7 Å². The molecule has 0 aliphatic rings. The number of rotatable bonds is 12. The zero-order valence-corrected chi connectivity index (χ0v) is 13.2. The van der Waals surface area contributed by atoms with Crippen LogP contribution in [0, 0.1) is 0 Å². The highest BCUT2D eigenvalue weighted by Gasteiger charge is 2.21. The molecule has 6 nitrogen and oxygen atoms in total. The molecule has 0 saturated carbocycles. The molecule has 0 amide bonds. The van der Waals surface area contributed by atoms with Crippen molar-refractivity contribution in [3.05, 3.63) is 0 Å². The lowest BCUT2D eigenvalue weighted by atomic mass is 10.1. The number of ether oxygens (including phenoxy) is 1. The smallest absolute Gasteiger partial charge is 0.398 e. The minimum atomic E-state index is -4.62. The molecule has 20 heavy (non-hydrogen) atoms. The standard InChI is InChI=1S/C13H26O6S/c1-3-4-5-6-7-8-9-10-11-18-13(14)12(2)19-20(15,16)17/h12H,3-11H2,1-2H3,(H,15,16,17). The molecule has 0 aliphatic carbocycles. The van der Waals surface area contributed by atoms with Gasteiger partial charge in [-0.2, -0.15) is 8.42 Å². The maximum atomic E-state index is 11.3. The van der Waals surface area contributed by atoms with Crippen LogP contribution in [0.4, 0.5) is 0 Å². The molecule has 0 radical (unpaired) electrons. The average Bonchev–Trinajstić information content (AvgIpc) is 2.34. The van der Waals surface area contributed by atoms with Crippen LogP contribution in [-0.4, -0.2) is 31.7 Å². The maximum absolute atomic E-state index is 11.3. The van der Waals surface area contributed by atoms with Gasteiger partial charge in [-0.25, -0.2) is 8.98 Å². The minimum Gasteiger partial charge on any atom is -0.464 e. The van der Waals surface area contributed by atoms with E-state index in [1.807, 2.05) is 0 Å². The van der Waals surface area contributed by atoms with Crippen molar-refractivity contribution in [1.82, 2.24) is 0 Å². The topological polar surface area (TPSA) is 89.9 Å². The van der Waals surface area contributed by atoms with Gasteiger partial charge in [-0.3, -0.25) is 4.55 Å². The predicted molar refractivity (Wildman–Crippen MR) is 75.7 cm³/mol. The fourth-order valence-electron chi connectivity index (χ4n) is 1.75. The van der Waals surface area contributed by atoms with E-state index in [0.29, 0.717) is 0 Å². The van der Waals surface area contributed by atoms with Crippen molar-refractivity contribution in [2.75, 3.05) is 6.61 Å². The van der Waals surface area contributed by atoms with Crippen molar-refractivity contribution in [1.29, 1.82) is 0 Å². The van der Waals surface area contributed by atoms with E-state index in [2.05, 4.69) is 11.1 Å². The van der Waals surface area contributed by atoms with E-state index in [4.69, 9.17) is 9.29 Å². The first kappa shape index (κ1) is 19.3. The lowest BCUT2D eigenvalue weighted by molar-refractivity contribution is -0.151. The Morgan fingerprint density at radius 1 is 1.05 bits per heavy atom. The third-order valence-electron chi connectivity index (χ3n) is 2.84. The Hall–Kier alpha value is -0.660. The Labute approximate surface area is 121 Å². The Balaban J connectivity index is 3.48. The van der Waals surface area contributed by atoms with E-state index in [-0.39, 0.29) is 6.61 Å². The maximum Gasteiger partial charge on any atom is 0.398 e. The van der Waals surface area contributed by atoms with E-state index < -0.39 is 22.5 Å². The van der Waals surface area contributed by atoms with E-state index in [1.165, 1.54) is 39.0 Å². The molecule has 0 heterocycles. The summed E-state index contributed by atoms with van der Waals surface area (Å²) in [5.74, 6) is -0.787. The minimum absolute atomic E-state index is 0.243. The van der Waals surface area contributed by atoms with Gasteiger partial charge < -0.3 is 4.74 Å². The van der Waals surface area contributed by atoms with E-state index in [9.17, 15) is 13.2 Å². The summed E-state index contributed by atoms with van der Waals surface area (Å²) in [5, 5.41) is 0. The van der Waals surface area contributed by atoms with E-state index in [1.54, 1.807) is 0 Å². The normalized spacial score (nSPS) is 13.2. The Bertz CT molecular complexity index is 352. The zero-order valence-electron chi connectivity index (χ0n) is 12.3. The molecule has 0 saturated heterocycles. The van der Waals surface area contributed by atoms with Gasteiger partial charge in [0, 0.05) is 0 Å². The highest BCUT2D eigenvalue weighted by molar-refractivity contribution is 7.80. The number of carbonyl (C=O) groups is 1. The van der Waals surface area contributed by atoms with Crippen LogP contribution in [0.5, 0.6) is 0 Å². The quantitative estimate of drug-likeness (QED) is 0.339. The molecule has 0 aliphatic heterocycles. The summed E-state index contributed by atoms with van der Waals surface area (Å²) in [6, 6.07) is 0. The van der Waals surface area contributed by atoms with Crippen molar-refractivity contribution in [2.45, 2.75) is 71.3 Å². The Morgan fingerprint density at radius 2 is 1.55 bits per heavy atom. The fraction of sp³-hybridized carbons (Fsp3) is 0.923. The highest BCUT2D eigenvalue weighted by atomic mass is 32.3. The Kier molecular flexibility index (Phi) is 10.7. The van der Waals surface area contributed by atoms with Crippen LogP contribution < -0.4 is 0 Å². The van der Waals surface area contributed by atoms with Crippen molar-refractivity contribution in [3.8, 4) is 0 Å². The van der Waals surface area contributed by atoms with Crippen LogP contribution in [0.1, 0.15) is 65.2 Å². The Morgan fingerprint density at radius 3 is 2.05 bits per heavy atom. The molecule has 0 aromatic rings. The summed E-state index contributed by atoms with van der Waals surface area (Å²) in [6.07, 6.45) is 7.74. The average molecular weight is 310 g/mol. The summed E-state index contributed by atoms with van der Waals surface area (Å²) in [5.41, 5.74) is 0. The van der Waals surface area contributed by atoms with Gasteiger partial charge in [-0.1, -0.05) is 51.9 Å². The first-order valence-electron chi connectivity index (χ1n) is 7.19. The highest BCUT2D eigenvalue weighted by Crippen LogP contribution is 2.08. The van der Waals surface area contributed by atoms with Gasteiger partial charge in [0.15, 0.2) is 6.10 Å². The lowest BCUT2D eigenvalue weighted by Crippen LogP contribution is -2.26.